The predicted molar refractivity (Wildman–Crippen MR) is 152 cm³/mol. The summed E-state index contributed by atoms with van der Waals surface area (Å²) in [7, 11) is -2.09. The lowest BCUT2D eigenvalue weighted by molar-refractivity contribution is 0.102. The van der Waals surface area contributed by atoms with Crippen molar-refractivity contribution in [1.29, 1.82) is 0 Å². The van der Waals surface area contributed by atoms with Crippen molar-refractivity contribution in [3.63, 3.8) is 0 Å². The van der Waals surface area contributed by atoms with Gasteiger partial charge in [0.05, 0.1) is 4.90 Å². The summed E-state index contributed by atoms with van der Waals surface area (Å²) < 4.78 is 26.0. The molecule has 4 rings (SSSR count). The minimum absolute atomic E-state index is 0.134. The molecule has 0 saturated carbocycles. The van der Waals surface area contributed by atoms with E-state index >= 15 is 0 Å². The normalized spacial score (nSPS) is 11.5. The number of rotatable bonds is 10. The summed E-state index contributed by atoms with van der Waals surface area (Å²) in [5.74, 6) is 0.940. The SMILES string of the molecule is CNS(=O)(=O)c1ccc(Nc2cc(CCc3cccc(C(=O)Nc4ccc(C(C)C)c(C)c4)c3)[nH]n2)cc1. The summed E-state index contributed by atoms with van der Waals surface area (Å²) in [6.45, 7) is 6.38. The lowest BCUT2D eigenvalue weighted by Crippen LogP contribution is -2.18. The standard InChI is InChI=1S/C29H33N5O3S/c1-19(2)27-15-12-24(16-20(27)3)32-29(35)22-7-5-6-21(17-22)8-9-25-18-28(34-33-25)31-23-10-13-26(14-11-23)38(36,37)30-4/h5-7,10-19,30H,8-9H2,1-4H3,(H,32,35)(H2,31,33,34). The molecule has 3 aromatic carbocycles. The van der Waals surface area contributed by atoms with Gasteiger partial charge in [-0.3, -0.25) is 9.89 Å². The zero-order valence-electron chi connectivity index (χ0n) is 22.0. The Morgan fingerprint density at radius 1 is 0.947 bits per heavy atom. The summed E-state index contributed by atoms with van der Waals surface area (Å²) in [5, 5.41) is 13.5. The third-order valence-electron chi connectivity index (χ3n) is 6.36. The second-order valence-electron chi connectivity index (χ2n) is 9.52. The second-order valence-corrected chi connectivity index (χ2v) is 11.4. The van der Waals surface area contributed by atoms with Crippen LogP contribution < -0.4 is 15.4 Å². The van der Waals surface area contributed by atoms with E-state index in [-0.39, 0.29) is 10.8 Å². The first-order valence-corrected chi connectivity index (χ1v) is 14.0. The van der Waals surface area contributed by atoms with Gasteiger partial charge in [-0.05, 0) is 98.0 Å². The topological polar surface area (TPSA) is 116 Å². The van der Waals surface area contributed by atoms with Gasteiger partial charge < -0.3 is 10.6 Å². The van der Waals surface area contributed by atoms with E-state index in [0.29, 0.717) is 17.3 Å². The fraction of sp³-hybridized carbons (Fsp3) is 0.241. The average molecular weight is 532 g/mol. The number of aromatic amines is 1. The minimum atomic E-state index is -3.47. The van der Waals surface area contributed by atoms with Crippen LogP contribution in [-0.2, 0) is 22.9 Å². The van der Waals surface area contributed by atoms with Gasteiger partial charge in [0, 0.05) is 28.7 Å². The molecular weight excluding hydrogens is 498 g/mol. The maximum Gasteiger partial charge on any atom is 0.255 e. The molecule has 1 heterocycles. The fourth-order valence-corrected chi connectivity index (χ4v) is 5.02. The summed E-state index contributed by atoms with van der Waals surface area (Å²) >= 11 is 0. The highest BCUT2D eigenvalue weighted by atomic mass is 32.2. The van der Waals surface area contributed by atoms with Crippen LogP contribution in [0.15, 0.2) is 77.7 Å². The van der Waals surface area contributed by atoms with Crippen molar-refractivity contribution in [3.8, 4) is 0 Å². The van der Waals surface area contributed by atoms with Crippen LogP contribution in [-0.4, -0.2) is 31.6 Å². The van der Waals surface area contributed by atoms with E-state index in [1.165, 1.54) is 30.3 Å². The minimum Gasteiger partial charge on any atom is -0.339 e. The molecule has 0 aliphatic rings. The van der Waals surface area contributed by atoms with Crippen LogP contribution in [0, 0.1) is 6.92 Å². The van der Waals surface area contributed by atoms with E-state index in [1.54, 1.807) is 12.1 Å². The van der Waals surface area contributed by atoms with Gasteiger partial charge >= 0.3 is 0 Å². The van der Waals surface area contributed by atoms with Crippen molar-refractivity contribution in [2.24, 2.45) is 0 Å². The molecule has 38 heavy (non-hydrogen) atoms. The van der Waals surface area contributed by atoms with E-state index < -0.39 is 10.0 Å². The molecule has 4 aromatic rings. The van der Waals surface area contributed by atoms with Crippen molar-refractivity contribution >= 4 is 33.1 Å². The Hall–Kier alpha value is -3.95. The first kappa shape index (κ1) is 27.1. The second kappa shape index (κ2) is 11.6. The van der Waals surface area contributed by atoms with Crippen molar-refractivity contribution in [2.45, 2.75) is 44.4 Å². The molecular formula is C29H33N5O3S. The molecule has 0 saturated heterocycles. The van der Waals surface area contributed by atoms with Crippen molar-refractivity contribution in [2.75, 3.05) is 17.7 Å². The number of benzene rings is 3. The molecule has 0 radical (unpaired) electrons. The van der Waals surface area contributed by atoms with Crippen LogP contribution in [0.1, 0.15) is 52.5 Å². The van der Waals surface area contributed by atoms with Gasteiger partial charge in [-0.2, -0.15) is 5.10 Å². The molecule has 0 bridgehead atoms. The van der Waals surface area contributed by atoms with E-state index in [4.69, 9.17) is 0 Å². The third-order valence-corrected chi connectivity index (χ3v) is 7.79. The Labute approximate surface area is 223 Å². The molecule has 4 N–H and O–H groups in total. The number of carbonyl (C=O) groups is 1. The number of nitrogens with one attached hydrogen (secondary N) is 4. The molecule has 0 aliphatic carbocycles. The Morgan fingerprint density at radius 2 is 1.68 bits per heavy atom. The van der Waals surface area contributed by atoms with E-state index in [9.17, 15) is 13.2 Å². The van der Waals surface area contributed by atoms with Crippen LogP contribution >= 0.6 is 0 Å². The molecule has 0 atom stereocenters. The van der Waals surface area contributed by atoms with Gasteiger partial charge in [-0.1, -0.05) is 32.0 Å². The van der Waals surface area contributed by atoms with Crippen LogP contribution in [0.3, 0.4) is 0 Å². The fourth-order valence-electron chi connectivity index (χ4n) is 4.29. The maximum absolute atomic E-state index is 12.9. The number of hydrogen-bond acceptors (Lipinski definition) is 5. The average Bonchev–Trinajstić information content (AvgIpc) is 3.35. The molecule has 8 nitrogen and oxygen atoms in total. The smallest absolute Gasteiger partial charge is 0.255 e. The van der Waals surface area contributed by atoms with Crippen molar-refractivity contribution in [3.05, 3.63) is 101 Å². The van der Waals surface area contributed by atoms with Gasteiger partial charge in [0.15, 0.2) is 5.82 Å². The number of aryl methyl sites for hydroxylation is 3. The molecule has 0 spiro atoms. The Kier molecular flexibility index (Phi) is 8.29. The Balaban J connectivity index is 1.34. The lowest BCUT2D eigenvalue weighted by atomic mass is 9.97. The van der Waals surface area contributed by atoms with E-state index in [1.807, 2.05) is 42.5 Å². The quantitative estimate of drug-likeness (QED) is 0.215. The largest absolute Gasteiger partial charge is 0.339 e. The number of sulfonamides is 1. The number of anilines is 3. The summed E-state index contributed by atoms with van der Waals surface area (Å²) in [5.41, 5.74) is 6.57. The van der Waals surface area contributed by atoms with Gasteiger partial charge in [-0.25, -0.2) is 13.1 Å². The molecule has 198 valence electrons. The van der Waals surface area contributed by atoms with E-state index in [2.05, 4.69) is 52.4 Å². The zero-order chi connectivity index (χ0) is 27.3. The van der Waals surface area contributed by atoms with Crippen LogP contribution in [0.25, 0.3) is 0 Å². The predicted octanol–water partition coefficient (Wildman–Crippen LogP) is 5.53. The van der Waals surface area contributed by atoms with Crippen LogP contribution in [0.5, 0.6) is 0 Å². The monoisotopic (exact) mass is 531 g/mol. The molecule has 9 heteroatoms. The highest BCUT2D eigenvalue weighted by molar-refractivity contribution is 7.89. The van der Waals surface area contributed by atoms with Gasteiger partial charge in [-0.15, -0.1) is 0 Å². The van der Waals surface area contributed by atoms with Crippen molar-refractivity contribution in [1.82, 2.24) is 14.9 Å². The van der Waals surface area contributed by atoms with Gasteiger partial charge in [0.1, 0.15) is 0 Å². The highest BCUT2D eigenvalue weighted by Gasteiger charge is 2.12. The van der Waals surface area contributed by atoms with Crippen LogP contribution in [0.2, 0.25) is 0 Å². The van der Waals surface area contributed by atoms with Gasteiger partial charge in [0.2, 0.25) is 10.0 Å². The zero-order valence-corrected chi connectivity index (χ0v) is 22.8. The summed E-state index contributed by atoms with van der Waals surface area (Å²) in [6.07, 6.45) is 1.45. The number of carbonyl (C=O) groups excluding carboxylic acids is 1. The molecule has 1 amide bonds. The van der Waals surface area contributed by atoms with Crippen molar-refractivity contribution < 1.29 is 13.2 Å². The number of amides is 1. The Bertz CT molecular complexity index is 1530. The summed E-state index contributed by atoms with van der Waals surface area (Å²) in [6, 6.07) is 22.0. The number of hydrogen-bond donors (Lipinski definition) is 4. The molecule has 0 aliphatic heterocycles. The molecule has 1 aromatic heterocycles. The lowest BCUT2D eigenvalue weighted by Gasteiger charge is -2.12. The number of aromatic nitrogens is 2. The molecule has 0 unspecified atom stereocenters. The Morgan fingerprint density at radius 3 is 2.37 bits per heavy atom. The first-order valence-electron chi connectivity index (χ1n) is 12.5. The summed E-state index contributed by atoms with van der Waals surface area (Å²) in [4.78, 5) is 13.1. The highest BCUT2D eigenvalue weighted by Crippen LogP contribution is 2.23. The van der Waals surface area contributed by atoms with Gasteiger partial charge in [0.25, 0.3) is 5.91 Å². The van der Waals surface area contributed by atoms with E-state index in [0.717, 1.165) is 35.5 Å². The number of nitrogens with zero attached hydrogens (tertiary/aromatic N) is 1. The molecule has 0 fully saturated rings. The van der Waals surface area contributed by atoms with Crippen LogP contribution in [0.4, 0.5) is 17.2 Å². The first-order chi connectivity index (χ1) is 18.1. The third kappa shape index (κ3) is 6.67. The number of H-pyrrole nitrogens is 1. The maximum atomic E-state index is 12.9.